The Bertz CT molecular complexity index is 1330. The number of fused-ring (bicyclic) bond motifs is 1. The van der Waals surface area contributed by atoms with Crippen LogP contribution in [0.25, 0.3) is 33.4 Å². The molecule has 1 fully saturated rings. The maximum Gasteiger partial charge on any atom is 0.261 e. The Morgan fingerprint density at radius 2 is 1.97 bits per heavy atom. The van der Waals surface area contributed by atoms with Crippen LogP contribution < -0.4 is 5.56 Å². The first-order valence-corrected chi connectivity index (χ1v) is 10.4. The van der Waals surface area contributed by atoms with E-state index in [-0.39, 0.29) is 12.1 Å². The average molecular weight is 416 g/mol. The molecule has 5 rings (SSSR count). The minimum Gasteiger partial charge on any atom is -0.389 e. The zero-order valence-electron chi connectivity index (χ0n) is 17.8. The van der Waals surface area contributed by atoms with Crippen LogP contribution >= 0.6 is 0 Å². The second kappa shape index (κ2) is 7.09. The van der Waals surface area contributed by atoms with Crippen molar-refractivity contribution in [2.45, 2.75) is 44.8 Å². The first-order valence-electron chi connectivity index (χ1n) is 10.4. The normalized spacial score (nSPS) is 14.3. The van der Waals surface area contributed by atoms with Crippen LogP contribution in [0.2, 0.25) is 0 Å². The predicted octanol–water partition coefficient (Wildman–Crippen LogP) is 2.90. The van der Waals surface area contributed by atoms with E-state index in [0.29, 0.717) is 28.2 Å². The molecule has 0 atom stereocenters. The molecule has 8 heteroatoms. The van der Waals surface area contributed by atoms with E-state index in [0.717, 1.165) is 16.8 Å². The fourth-order valence-corrected chi connectivity index (χ4v) is 3.77. The van der Waals surface area contributed by atoms with Gasteiger partial charge in [-0.3, -0.25) is 19.0 Å². The van der Waals surface area contributed by atoms with Crippen molar-refractivity contribution in [3.8, 4) is 22.5 Å². The molecule has 0 radical (unpaired) electrons. The second-order valence-corrected chi connectivity index (χ2v) is 8.89. The summed E-state index contributed by atoms with van der Waals surface area (Å²) in [5.41, 5.74) is 3.23. The van der Waals surface area contributed by atoms with E-state index < -0.39 is 5.60 Å². The van der Waals surface area contributed by atoms with Crippen LogP contribution in [-0.2, 0) is 13.6 Å². The van der Waals surface area contributed by atoms with E-state index in [4.69, 9.17) is 4.98 Å². The van der Waals surface area contributed by atoms with Crippen molar-refractivity contribution in [3.63, 3.8) is 0 Å². The highest BCUT2D eigenvalue weighted by Gasteiger charge is 2.25. The summed E-state index contributed by atoms with van der Waals surface area (Å²) in [5.74, 6) is 0.572. The molecular formula is C23H24N6O2. The maximum absolute atomic E-state index is 13.3. The third kappa shape index (κ3) is 3.86. The largest absolute Gasteiger partial charge is 0.389 e. The van der Waals surface area contributed by atoms with Crippen molar-refractivity contribution in [1.82, 2.24) is 29.3 Å². The molecule has 0 bridgehead atoms. The Morgan fingerprint density at radius 1 is 1.16 bits per heavy atom. The lowest BCUT2D eigenvalue weighted by atomic mass is 10.1. The van der Waals surface area contributed by atoms with Crippen molar-refractivity contribution >= 4 is 10.9 Å². The van der Waals surface area contributed by atoms with Crippen LogP contribution in [0, 0.1) is 0 Å². The predicted molar refractivity (Wildman–Crippen MR) is 118 cm³/mol. The quantitative estimate of drug-likeness (QED) is 0.537. The lowest BCUT2D eigenvalue weighted by molar-refractivity contribution is 0.0603. The lowest BCUT2D eigenvalue weighted by Crippen LogP contribution is -2.33. The summed E-state index contributed by atoms with van der Waals surface area (Å²) in [6, 6.07) is 5.81. The fourth-order valence-electron chi connectivity index (χ4n) is 3.77. The van der Waals surface area contributed by atoms with E-state index in [1.165, 1.54) is 23.7 Å². The van der Waals surface area contributed by atoms with Crippen LogP contribution in [0.4, 0.5) is 0 Å². The van der Waals surface area contributed by atoms with Gasteiger partial charge in [-0.25, -0.2) is 9.97 Å². The highest BCUT2D eigenvalue weighted by atomic mass is 16.3. The van der Waals surface area contributed by atoms with Gasteiger partial charge in [0.1, 0.15) is 11.2 Å². The minimum atomic E-state index is -1.04. The van der Waals surface area contributed by atoms with Crippen molar-refractivity contribution in [3.05, 3.63) is 59.2 Å². The molecule has 1 aliphatic carbocycles. The van der Waals surface area contributed by atoms with Gasteiger partial charge in [-0.1, -0.05) is 0 Å². The monoisotopic (exact) mass is 416 g/mol. The van der Waals surface area contributed by atoms with E-state index in [1.807, 2.05) is 31.6 Å². The molecule has 0 spiro atoms. The molecule has 1 aliphatic rings. The Balaban J connectivity index is 1.71. The van der Waals surface area contributed by atoms with Gasteiger partial charge in [0.2, 0.25) is 0 Å². The number of nitrogens with zero attached hydrogens (tertiary/aromatic N) is 6. The molecular weight excluding hydrogens is 392 g/mol. The van der Waals surface area contributed by atoms with Crippen molar-refractivity contribution in [2.75, 3.05) is 0 Å². The Labute approximate surface area is 179 Å². The summed E-state index contributed by atoms with van der Waals surface area (Å²) in [6.07, 6.45) is 9.24. The molecule has 4 heterocycles. The van der Waals surface area contributed by atoms with E-state index >= 15 is 0 Å². The van der Waals surface area contributed by atoms with E-state index in [2.05, 4.69) is 15.1 Å². The zero-order valence-corrected chi connectivity index (χ0v) is 17.8. The second-order valence-electron chi connectivity index (χ2n) is 8.89. The van der Waals surface area contributed by atoms with Crippen molar-refractivity contribution in [2.24, 2.45) is 7.05 Å². The number of aromatic nitrogens is 6. The number of hydrogen-bond acceptors (Lipinski definition) is 6. The van der Waals surface area contributed by atoms with Gasteiger partial charge in [0.05, 0.1) is 35.8 Å². The molecule has 158 valence electrons. The molecule has 8 nitrogen and oxygen atoms in total. The molecule has 0 aliphatic heterocycles. The van der Waals surface area contributed by atoms with Crippen LogP contribution in [0.1, 0.15) is 38.3 Å². The minimum absolute atomic E-state index is 0.145. The van der Waals surface area contributed by atoms with Gasteiger partial charge in [0.25, 0.3) is 5.56 Å². The number of rotatable bonds is 5. The van der Waals surface area contributed by atoms with E-state index in [9.17, 15) is 9.90 Å². The average Bonchev–Trinajstić information content (AvgIpc) is 3.49. The summed E-state index contributed by atoms with van der Waals surface area (Å²) >= 11 is 0. The fraction of sp³-hybridized carbons (Fsp3) is 0.348. The summed E-state index contributed by atoms with van der Waals surface area (Å²) in [5, 5.41) is 14.9. The lowest BCUT2D eigenvalue weighted by Gasteiger charge is -2.18. The SMILES string of the molecule is Cn1cc(-c2nc(-c3ccc(C4CC4)nc3)cc3c(=O)n(CC(C)(C)O)cnc23)cn1. The van der Waals surface area contributed by atoms with Crippen LogP contribution in [-0.4, -0.2) is 40.0 Å². The number of aryl methyl sites for hydroxylation is 1. The molecule has 31 heavy (non-hydrogen) atoms. The van der Waals surface area contributed by atoms with Gasteiger partial charge >= 0.3 is 0 Å². The first kappa shape index (κ1) is 19.6. The highest BCUT2D eigenvalue weighted by Crippen LogP contribution is 2.39. The maximum atomic E-state index is 13.3. The van der Waals surface area contributed by atoms with Gasteiger partial charge in [-0.05, 0) is 44.9 Å². The standard InChI is InChI=1S/C23H24N6O2/c1-23(2,31)12-29-13-25-21-17(22(29)30)8-19(27-20(21)16-10-26-28(3)11-16)15-6-7-18(24-9-15)14-4-5-14/h6-11,13-14,31H,4-5,12H2,1-3H3. The molecule has 0 unspecified atom stereocenters. The third-order valence-corrected chi connectivity index (χ3v) is 5.42. The summed E-state index contributed by atoms with van der Waals surface area (Å²) in [7, 11) is 1.83. The molecule has 0 amide bonds. The van der Waals surface area contributed by atoms with Gasteiger partial charge in [0, 0.05) is 42.2 Å². The zero-order chi connectivity index (χ0) is 21.8. The van der Waals surface area contributed by atoms with E-state index in [1.54, 1.807) is 30.8 Å². The molecule has 4 aromatic rings. The Hall–Kier alpha value is -3.39. The Morgan fingerprint density at radius 3 is 2.58 bits per heavy atom. The molecule has 0 saturated heterocycles. The molecule has 4 aromatic heterocycles. The van der Waals surface area contributed by atoms with Crippen molar-refractivity contribution in [1.29, 1.82) is 0 Å². The number of aliphatic hydroxyl groups is 1. The summed E-state index contributed by atoms with van der Waals surface area (Å²) < 4.78 is 3.13. The van der Waals surface area contributed by atoms with Crippen LogP contribution in [0.3, 0.4) is 0 Å². The molecule has 1 saturated carbocycles. The smallest absolute Gasteiger partial charge is 0.261 e. The molecule has 0 aromatic carbocycles. The van der Waals surface area contributed by atoms with Gasteiger partial charge in [-0.15, -0.1) is 0 Å². The Kier molecular flexibility index (Phi) is 4.48. The van der Waals surface area contributed by atoms with Crippen LogP contribution in [0.5, 0.6) is 0 Å². The van der Waals surface area contributed by atoms with Crippen molar-refractivity contribution < 1.29 is 5.11 Å². The third-order valence-electron chi connectivity index (χ3n) is 5.42. The van der Waals surface area contributed by atoms with Crippen LogP contribution in [0.15, 0.2) is 47.9 Å². The summed E-state index contributed by atoms with van der Waals surface area (Å²) in [6.45, 7) is 3.47. The van der Waals surface area contributed by atoms with Gasteiger partial charge in [-0.2, -0.15) is 5.10 Å². The number of hydrogen-bond donors (Lipinski definition) is 1. The highest BCUT2D eigenvalue weighted by molar-refractivity contribution is 5.93. The molecule has 1 N–H and O–H groups in total. The number of pyridine rings is 2. The summed E-state index contributed by atoms with van der Waals surface area (Å²) in [4.78, 5) is 27.2. The first-order chi connectivity index (χ1) is 14.8. The van der Waals surface area contributed by atoms with Gasteiger partial charge in [0.15, 0.2) is 0 Å². The topological polar surface area (TPSA) is 98.7 Å². The van der Waals surface area contributed by atoms with Gasteiger partial charge < -0.3 is 5.11 Å².